The number of rotatable bonds is 8. The highest BCUT2D eigenvalue weighted by atomic mass is 35.5. The Morgan fingerprint density at radius 2 is 1.77 bits per heavy atom. The summed E-state index contributed by atoms with van der Waals surface area (Å²) in [6, 6.07) is 13.1. The number of aryl methyl sites for hydroxylation is 1. The summed E-state index contributed by atoms with van der Waals surface area (Å²) in [6.07, 6.45) is 2.50. The molecule has 0 aliphatic carbocycles. The maximum Gasteiger partial charge on any atom is 0.153 e. The highest BCUT2D eigenvalue weighted by molar-refractivity contribution is 6.30. The van der Waals surface area contributed by atoms with E-state index in [0.717, 1.165) is 24.9 Å². The quantitative estimate of drug-likeness (QED) is 0.528. The monoisotopic (exact) mass is 318 g/mol. The SMILES string of the molecule is CCc1ccc(OCCCOc2ccc(Cl)cc2C=O)cc1. The van der Waals surface area contributed by atoms with Crippen LogP contribution in [0, 0.1) is 0 Å². The van der Waals surface area contributed by atoms with Crippen molar-refractivity contribution in [2.24, 2.45) is 0 Å². The molecule has 0 bridgehead atoms. The number of ether oxygens (including phenoxy) is 2. The van der Waals surface area contributed by atoms with Crippen molar-refractivity contribution in [1.29, 1.82) is 0 Å². The molecular formula is C18H19ClO3. The summed E-state index contributed by atoms with van der Waals surface area (Å²) >= 11 is 5.83. The molecule has 116 valence electrons. The van der Waals surface area contributed by atoms with Gasteiger partial charge >= 0.3 is 0 Å². The normalized spacial score (nSPS) is 10.3. The number of carbonyl (C=O) groups is 1. The van der Waals surface area contributed by atoms with Crippen LogP contribution in [-0.4, -0.2) is 19.5 Å². The van der Waals surface area contributed by atoms with E-state index < -0.39 is 0 Å². The lowest BCUT2D eigenvalue weighted by Crippen LogP contribution is -2.06. The van der Waals surface area contributed by atoms with Gasteiger partial charge < -0.3 is 9.47 Å². The lowest BCUT2D eigenvalue weighted by atomic mass is 10.2. The largest absolute Gasteiger partial charge is 0.493 e. The van der Waals surface area contributed by atoms with Crippen LogP contribution in [0.2, 0.25) is 5.02 Å². The van der Waals surface area contributed by atoms with E-state index in [1.807, 2.05) is 12.1 Å². The van der Waals surface area contributed by atoms with E-state index in [9.17, 15) is 4.79 Å². The van der Waals surface area contributed by atoms with Gasteiger partial charge in [0.05, 0.1) is 18.8 Å². The summed E-state index contributed by atoms with van der Waals surface area (Å²) in [5.41, 5.74) is 1.75. The van der Waals surface area contributed by atoms with Crippen molar-refractivity contribution in [2.75, 3.05) is 13.2 Å². The first-order chi connectivity index (χ1) is 10.7. The minimum Gasteiger partial charge on any atom is -0.493 e. The molecule has 0 atom stereocenters. The van der Waals surface area contributed by atoms with Gasteiger partial charge in [-0.3, -0.25) is 4.79 Å². The molecule has 0 aromatic heterocycles. The van der Waals surface area contributed by atoms with Crippen LogP contribution in [0.3, 0.4) is 0 Å². The van der Waals surface area contributed by atoms with Crippen LogP contribution in [0.4, 0.5) is 0 Å². The standard InChI is InChI=1S/C18H19ClO3/c1-2-14-4-7-17(8-5-14)21-10-3-11-22-18-9-6-16(19)12-15(18)13-20/h4-9,12-13H,2-3,10-11H2,1H3. The van der Waals surface area contributed by atoms with Crippen molar-refractivity contribution in [3.8, 4) is 11.5 Å². The summed E-state index contributed by atoms with van der Waals surface area (Å²) in [6.45, 7) is 3.17. The molecule has 0 aliphatic rings. The van der Waals surface area contributed by atoms with E-state index in [1.54, 1.807) is 18.2 Å². The number of carbonyl (C=O) groups excluding carboxylic acids is 1. The minimum atomic E-state index is 0.462. The Kier molecular flexibility index (Phi) is 6.28. The molecule has 0 heterocycles. The van der Waals surface area contributed by atoms with E-state index in [4.69, 9.17) is 21.1 Å². The van der Waals surface area contributed by atoms with Crippen LogP contribution in [0.25, 0.3) is 0 Å². The van der Waals surface area contributed by atoms with Gasteiger partial charge in [-0.15, -0.1) is 0 Å². The first-order valence-electron chi connectivity index (χ1n) is 7.32. The van der Waals surface area contributed by atoms with Gasteiger partial charge in [-0.1, -0.05) is 30.7 Å². The second-order valence-corrected chi connectivity index (χ2v) is 5.28. The van der Waals surface area contributed by atoms with E-state index in [0.29, 0.717) is 29.5 Å². The average Bonchev–Trinajstić information content (AvgIpc) is 2.56. The van der Waals surface area contributed by atoms with Crippen molar-refractivity contribution in [2.45, 2.75) is 19.8 Å². The summed E-state index contributed by atoms with van der Waals surface area (Å²) < 4.78 is 11.2. The van der Waals surface area contributed by atoms with Gasteiger partial charge in [0.2, 0.25) is 0 Å². The average molecular weight is 319 g/mol. The van der Waals surface area contributed by atoms with Crippen molar-refractivity contribution < 1.29 is 14.3 Å². The van der Waals surface area contributed by atoms with Crippen LogP contribution in [-0.2, 0) is 6.42 Å². The van der Waals surface area contributed by atoms with Gasteiger partial charge in [-0.05, 0) is 42.3 Å². The highest BCUT2D eigenvalue weighted by Crippen LogP contribution is 2.21. The number of hydrogen-bond donors (Lipinski definition) is 0. The summed E-state index contributed by atoms with van der Waals surface area (Å²) in [4.78, 5) is 10.9. The van der Waals surface area contributed by atoms with Crippen LogP contribution in [0.15, 0.2) is 42.5 Å². The van der Waals surface area contributed by atoms with Gasteiger partial charge in [0.15, 0.2) is 6.29 Å². The number of benzene rings is 2. The van der Waals surface area contributed by atoms with E-state index in [-0.39, 0.29) is 0 Å². The topological polar surface area (TPSA) is 35.5 Å². The molecule has 0 spiro atoms. The molecule has 0 unspecified atom stereocenters. The molecule has 0 amide bonds. The Morgan fingerprint density at radius 3 is 2.45 bits per heavy atom. The van der Waals surface area contributed by atoms with E-state index in [1.165, 1.54) is 5.56 Å². The molecule has 2 rings (SSSR count). The first kappa shape index (κ1) is 16.4. The molecule has 0 N–H and O–H groups in total. The Balaban J connectivity index is 1.74. The second kappa shape index (κ2) is 8.44. The van der Waals surface area contributed by atoms with Crippen molar-refractivity contribution in [3.05, 3.63) is 58.6 Å². The van der Waals surface area contributed by atoms with Gasteiger partial charge in [-0.2, -0.15) is 0 Å². The molecular weight excluding hydrogens is 300 g/mol. The van der Waals surface area contributed by atoms with Crippen LogP contribution in [0.5, 0.6) is 11.5 Å². The minimum absolute atomic E-state index is 0.462. The highest BCUT2D eigenvalue weighted by Gasteiger charge is 2.03. The number of hydrogen-bond acceptors (Lipinski definition) is 3. The molecule has 0 radical (unpaired) electrons. The zero-order chi connectivity index (χ0) is 15.8. The van der Waals surface area contributed by atoms with Gasteiger partial charge in [-0.25, -0.2) is 0 Å². The molecule has 22 heavy (non-hydrogen) atoms. The van der Waals surface area contributed by atoms with E-state index >= 15 is 0 Å². The lowest BCUT2D eigenvalue weighted by Gasteiger charge is -2.10. The predicted octanol–water partition coefficient (Wildman–Crippen LogP) is 4.56. The van der Waals surface area contributed by atoms with E-state index in [2.05, 4.69) is 19.1 Å². The lowest BCUT2D eigenvalue weighted by molar-refractivity contribution is 0.111. The molecule has 2 aromatic carbocycles. The van der Waals surface area contributed by atoms with Gasteiger partial charge in [0, 0.05) is 11.4 Å². The number of aldehydes is 1. The van der Waals surface area contributed by atoms with Crippen molar-refractivity contribution >= 4 is 17.9 Å². The van der Waals surface area contributed by atoms with Crippen LogP contribution < -0.4 is 9.47 Å². The third-order valence-corrected chi connectivity index (χ3v) is 3.48. The molecule has 0 fully saturated rings. The maximum atomic E-state index is 10.9. The van der Waals surface area contributed by atoms with Gasteiger partial charge in [0.1, 0.15) is 11.5 Å². The summed E-state index contributed by atoms with van der Waals surface area (Å²) in [7, 11) is 0. The molecule has 0 saturated carbocycles. The molecule has 3 nitrogen and oxygen atoms in total. The summed E-state index contributed by atoms with van der Waals surface area (Å²) in [5.74, 6) is 1.41. The maximum absolute atomic E-state index is 10.9. The smallest absolute Gasteiger partial charge is 0.153 e. The molecule has 4 heteroatoms. The number of halogens is 1. The van der Waals surface area contributed by atoms with Crippen LogP contribution in [0.1, 0.15) is 29.3 Å². The van der Waals surface area contributed by atoms with Crippen LogP contribution >= 0.6 is 11.6 Å². The first-order valence-corrected chi connectivity index (χ1v) is 7.70. The predicted molar refractivity (Wildman–Crippen MR) is 88.3 cm³/mol. The fourth-order valence-electron chi connectivity index (χ4n) is 2.00. The second-order valence-electron chi connectivity index (χ2n) is 4.85. The Labute approximate surface area is 135 Å². The summed E-state index contributed by atoms with van der Waals surface area (Å²) in [5, 5.41) is 0.522. The van der Waals surface area contributed by atoms with Gasteiger partial charge in [0.25, 0.3) is 0 Å². The third-order valence-electron chi connectivity index (χ3n) is 3.25. The third kappa shape index (κ3) is 4.78. The fraction of sp³-hybridized carbons (Fsp3) is 0.278. The fourth-order valence-corrected chi connectivity index (χ4v) is 2.18. The Hall–Kier alpha value is -2.00. The zero-order valence-electron chi connectivity index (χ0n) is 12.5. The molecule has 0 aliphatic heterocycles. The van der Waals surface area contributed by atoms with Crippen molar-refractivity contribution in [3.63, 3.8) is 0 Å². The van der Waals surface area contributed by atoms with Crippen molar-refractivity contribution in [1.82, 2.24) is 0 Å². The zero-order valence-corrected chi connectivity index (χ0v) is 13.3. The molecule has 0 saturated heterocycles. The molecule has 2 aromatic rings. The Morgan fingerprint density at radius 1 is 1.05 bits per heavy atom. The Bertz CT molecular complexity index is 608.